The monoisotopic (exact) mass is 326 g/mol. The first kappa shape index (κ1) is 26.5. The zero-order valence-corrected chi connectivity index (χ0v) is 17.4. The van der Waals surface area contributed by atoms with E-state index in [1.807, 2.05) is 6.92 Å². The van der Waals surface area contributed by atoms with E-state index in [9.17, 15) is 14.7 Å². The Bertz CT molecular complexity index is 244. The molecule has 1 N–H and O–H groups in total. The maximum absolute atomic E-state index is 10.3. The van der Waals surface area contributed by atoms with Crippen LogP contribution in [0.5, 0.6) is 0 Å². The molecule has 0 aromatic heterocycles. The zero-order valence-electron chi connectivity index (χ0n) is 14.3. The van der Waals surface area contributed by atoms with Gasteiger partial charge in [0.05, 0.1) is 0 Å². The molecule has 0 rings (SSSR count). The predicted molar refractivity (Wildman–Crippen MR) is 79.3 cm³/mol. The van der Waals surface area contributed by atoms with Crippen molar-refractivity contribution in [3.05, 3.63) is 0 Å². The van der Waals surface area contributed by atoms with Gasteiger partial charge in [-0.25, -0.2) is 0 Å². The van der Waals surface area contributed by atoms with Crippen molar-refractivity contribution >= 4 is 11.9 Å². The second-order valence-corrected chi connectivity index (χ2v) is 5.12. The van der Waals surface area contributed by atoms with Crippen molar-refractivity contribution in [1.29, 1.82) is 0 Å². The van der Waals surface area contributed by atoms with Crippen molar-refractivity contribution in [3.8, 4) is 0 Å². The standard InChI is InChI=1S/2C8H16O2.K/c1-3-5-6-7(4-2)8(9)10;1-2-3-4-5-6-7-8(9)10;/h7H,3-6H2,1-2H3,(H,9,10);2-7H2,1H3,(H,9,10);/q;;+1/p-1. The molecular weight excluding hydrogens is 295 g/mol. The van der Waals surface area contributed by atoms with Gasteiger partial charge in [0, 0.05) is 12.4 Å². The molecule has 0 spiro atoms. The SMILES string of the molecule is CCCCC(CC)C(=O)[O-].CCCCCCCC(=O)O.[K+]. The van der Waals surface area contributed by atoms with E-state index in [-0.39, 0.29) is 57.3 Å². The van der Waals surface area contributed by atoms with Crippen LogP contribution in [-0.4, -0.2) is 17.0 Å². The number of aliphatic carboxylic acids is 2. The van der Waals surface area contributed by atoms with Crippen molar-refractivity contribution in [3.63, 3.8) is 0 Å². The Morgan fingerprint density at radius 1 is 0.952 bits per heavy atom. The fourth-order valence-corrected chi connectivity index (χ4v) is 1.82. The Morgan fingerprint density at radius 2 is 1.48 bits per heavy atom. The molecule has 1 unspecified atom stereocenters. The third-order valence-corrected chi connectivity index (χ3v) is 3.23. The van der Waals surface area contributed by atoms with E-state index < -0.39 is 11.9 Å². The van der Waals surface area contributed by atoms with Gasteiger partial charge < -0.3 is 15.0 Å². The molecule has 0 bridgehead atoms. The van der Waals surface area contributed by atoms with E-state index in [1.165, 1.54) is 19.3 Å². The number of hydrogen-bond donors (Lipinski definition) is 1. The van der Waals surface area contributed by atoms with Crippen LogP contribution in [0.3, 0.4) is 0 Å². The van der Waals surface area contributed by atoms with E-state index in [1.54, 1.807) is 0 Å². The summed E-state index contributed by atoms with van der Waals surface area (Å²) in [5, 5.41) is 18.6. The van der Waals surface area contributed by atoms with Gasteiger partial charge in [0.15, 0.2) is 0 Å². The number of carbonyl (C=O) groups excluding carboxylic acids is 1. The van der Waals surface area contributed by atoms with Crippen molar-refractivity contribution in [2.75, 3.05) is 0 Å². The summed E-state index contributed by atoms with van der Waals surface area (Å²) in [5.41, 5.74) is 0. The number of carboxylic acids is 2. The van der Waals surface area contributed by atoms with E-state index in [2.05, 4.69) is 13.8 Å². The van der Waals surface area contributed by atoms with E-state index in [0.717, 1.165) is 32.1 Å². The molecule has 4 nitrogen and oxygen atoms in total. The van der Waals surface area contributed by atoms with Gasteiger partial charge >= 0.3 is 57.4 Å². The Labute approximate surface area is 172 Å². The predicted octanol–water partition coefficient (Wildman–Crippen LogP) is 0.388. The molecular formula is C16H31KO4. The van der Waals surface area contributed by atoms with Crippen LogP contribution < -0.4 is 56.5 Å². The molecule has 0 fully saturated rings. The molecule has 0 aliphatic carbocycles. The Kier molecular flexibility index (Phi) is 25.9. The second kappa shape index (κ2) is 20.6. The minimum Gasteiger partial charge on any atom is -0.550 e. The molecule has 0 saturated carbocycles. The summed E-state index contributed by atoms with van der Waals surface area (Å²) in [6.07, 6.45) is 9.41. The molecule has 0 saturated heterocycles. The van der Waals surface area contributed by atoms with Crippen LogP contribution >= 0.6 is 0 Å². The number of carbonyl (C=O) groups is 2. The van der Waals surface area contributed by atoms with Crippen LogP contribution in [0.25, 0.3) is 0 Å². The van der Waals surface area contributed by atoms with E-state index in [4.69, 9.17) is 5.11 Å². The molecule has 0 aromatic rings. The fourth-order valence-electron chi connectivity index (χ4n) is 1.82. The van der Waals surface area contributed by atoms with Crippen LogP contribution in [0.15, 0.2) is 0 Å². The van der Waals surface area contributed by atoms with Crippen LogP contribution in [0.4, 0.5) is 0 Å². The van der Waals surface area contributed by atoms with Gasteiger partial charge in [-0.3, -0.25) is 4.79 Å². The largest absolute Gasteiger partial charge is 1.00 e. The van der Waals surface area contributed by atoms with Gasteiger partial charge in [0.1, 0.15) is 0 Å². The van der Waals surface area contributed by atoms with Gasteiger partial charge in [-0.1, -0.05) is 59.3 Å². The van der Waals surface area contributed by atoms with Gasteiger partial charge in [-0.15, -0.1) is 0 Å². The molecule has 21 heavy (non-hydrogen) atoms. The van der Waals surface area contributed by atoms with Crippen LogP contribution in [0, 0.1) is 5.92 Å². The third-order valence-electron chi connectivity index (χ3n) is 3.23. The second-order valence-electron chi connectivity index (χ2n) is 5.12. The maximum atomic E-state index is 10.3. The molecule has 0 aromatic carbocycles. The number of hydrogen-bond acceptors (Lipinski definition) is 3. The van der Waals surface area contributed by atoms with Crippen LogP contribution in [-0.2, 0) is 9.59 Å². The zero-order chi connectivity index (χ0) is 15.8. The van der Waals surface area contributed by atoms with Gasteiger partial charge in [-0.2, -0.15) is 0 Å². The molecule has 120 valence electrons. The quantitative estimate of drug-likeness (QED) is 0.440. The first-order valence-corrected chi connectivity index (χ1v) is 7.92. The Balaban J connectivity index is -0.000000295. The maximum Gasteiger partial charge on any atom is 1.00 e. The molecule has 5 heteroatoms. The molecule has 0 aliphatic heterocycles. The summed E-state index contributed by atoms with van der Waals surface area (Å²) in [6, 6.07) is 0. The first-order valence-electron chi connectivity index (χ1n) is 7.92. The van der Waals surface area contributed by atoms with Crippen molar-refractivity contribution in [1.82, 2.24) is 0 Å². The number of rotatable bonds is 11. The summed E-state index contributed by atoms with van der Waals surface area (Å²) < 4.78 is 0. The third kappa shape index (κ3) is 23.0. The summed E-state index contributed by atoms with van der Waals surface area (Å²) in [4.78, 5) is 20.4. The van der Waals surface area contributed by atoms with Gasteiger partial charge in [-0.05, 0) is 25.2 Å². The Morgan fingerprint density at radius 3 is 1.86 bits per heavy atom. The van der Waals surface area contributed by atoms with Crippen LogP contribution in [0.2, 0.25) is 0 Å². The average Bonchev–Trinajstić information content (AvgIpc) is 2.39. The smallest absolute Gasteiger partial charge is 0.550 e. The van der Waals surface area contributed by atoms with E-state index in [0.29, 0.717) is 12.8 Å². The number of carboxylic acid groups (broad SMARTS) is 2. The van der Waals surface area contributed by atoms with Crippen LogP contribution in [0.1, 0.15) is 85.0 Å². The van der Waals surface area contributed by atoms with E-state index >= 15 is 0 Å². The van der Waals surface area contributed by atoms with Gasteiger partial charge in [0.2, 0.25) is 0 Å². The molecule has 0 heterocycles. The topological polar surface area (TPSA) is 77.4 Å². The summed E-state index contributed by atoms with van der Waals surface area (Å²) in [5.74, 6) is -1.78. The minimum atomic E-state index is -0.893. The van der Waals surface area contributed by atoms with Crippen molar-refractivity contribution in [2.45, 2.75) is 85.0 Å². The first-order chi connectivity index (χ1) is 9.49. The summed E-state index contributed by atoms with van der Waals surface area (Å²) >= 11 is 0. The van der Waals surface area contributed by atoms with Crippen molar-refractivity contribution < 1.29 is 71.2 Å². The van der Waals surface area contributed by atoms with Crippen molar-refractivity contribution in [2.24, 2.45) is 5.92 Å². The summed E-state index contributed by atoms with van der Waals surface area (Å²) in [6.45, 7) is 6.09. The molecule has 0 aliphatic rings. The molecule has 1 atom stereocenters. The minimum absolute atomic E-state index is 0. The number of unbranched alkanes of at least 4 members (excludes halogenated alkanes) is 5. The fraction of sp³-hybridized carbons (Fsp3) is 0.875. The molecule has 0 radical (unpaired) electrons. The Hall–Kier alpha value is 0.576. The average molecular weight is 327 g/mol. The van der Waals surface area contributed by atoms with Gasteiger partial charge in [0.25, 0.3) is 0 Å². The molecule has 0 amide bonds. The normalized spacial score (nSPS) is 10.8. The summed E-state index contributed by atoms with van der Waals surface area (Å²) in [7, 11) is 0.